The minimum atomic E-state index is -1.39. The summed E-state index contributed by atoms with van der Waals surface area (Å²) in [4.78, 5) is 38.6. The van der Waals surface area contributed by atoms with E-state index in [1.54, 1.807) is 24.3 Å². The van der Waals surface area contributed by atoms with Crippen LogP contribution < -0.4 is 10.6 Å². The molecule has 2 aliphatic rings. The highest BCUT2D eigenvalue weighted by Gasteiger charge is 2.39. The van der Waals surface area contributed by atoms with Crippen LogP contribution in [0, 0.1) is 11.8 Å². The summed E-state index contributed by atoms with van der Waals surface area (Å²) in [7, 11) is 0. The van der Waals surface area contributed by atoms with E-state index in [0.29, 0.717) is 42.4 Å². The summed E-state index contributed by atoms with van der Waals surface area (Å²) in [6.07, 6.45) is 3.98. The number of carbonyl (C=O) groups excluding carboxylic acids is 3. The van der Waals surface area contributed by atoms with Gasteiger partial charge in [0.15, 0.2) is 6.35 Å². The van der Waals surface area contributed by atoms with Crippen LogP contribution in [-0.4, -0.2) is 75.6 Å². The van der Waals surface area contributed by atoms with Crippen LogP contribution in [0.5, 0.6) is 0 Å². The molecule has 0 aromatic heterocycles. The average molecular weight is 477 g/mol. The lowest BCUT2D eigenvalue weighted by Crippen LogP contribution is -2.54. The molecule has 1 saturated heterocycles. The first kappa shape index (κ1) is 26.1. The highest BCUT2D eigenvalue weighted by molar-refractivity contribution is 5.89. The fourth-order valence-electron chi connectivity index (χ4n) is 5.01. The van der Waals surface area contributed by atoms with Crippen molar-refractivity contribution in [1.29, 1.82) is 0 Å². The number of aliphatic hydroxyl groups is 2. The molecule has 3 rings (SSSR count). The van der Waals surface area contributed by atoms with Gasteiger partial charge in [-0.05, 0) is 30.7 Å². The number of nitrogens with one attached hydrogen (secondary N) is 2. The Labute approximate surface area is 199 Å². The third kappa shape index (κ3) is 7.23. The van der Waals surface area contributed by atoms with E-state index in [1.807, 2.05) is 6.07 Å². The van der Waals surface area contributed by atoms with Crippen LogP contribution in [0.3, 0.4) is 0 Å². The fraction of sp³-hybridized carbons (Fsp3) is 0.625. The van der Waals surface area contributed by atoms with E-state index in [2.05, 4.69) is 10.6 Å². The largest absolute Gasteiger partial charge is 0.387 e. The van der Waals surface area contributed by atoms with Gasteiger partial charge in [0, 0.05) is 13.1 Å². The third-order valence-corrected chi connectivity index (χ3v) is 6.78. The number of hydroxylamine groups is 2. The Morgan fingerprint density at radius 2 is 1.82 bits per heavy atom. The van der Waals surface area contributed by atoms with Gasteiger partial charge < -0.3 is 20.4 Å². The maximum atomic E-state index is 13.3. The molecule has 4 atom stereocenters. The Hall–Kier alpha value is -2.53. The lowest BCUT2D eigenvalue weighted by atomic mass is 9.91. The molecular formula is C24H36N4O6. The maximum Gasteiger partial charge on any atom is 0.245 e. The van der Waals surface area contributed by atoms with Crippen molar-refractivity contribution in [2.24, 2.45) is 11.8 Å². The standard InChI is InChI=1S/C24H36N4O6/c29-16-27(34)15-19(13-17-7-4-5-8-17)23(32)28-12-6-11-20(28)22(31)26-24(33)25-14-21(30)18-9-2-1-3-10-18/h1-3,9-10,16-17,19-21,24-25,30,33-34H,4-8,11-15H2,(H,26,31)/t19-,20+,21+,24?/m1/s1. The molecule has 0 spiro atoms. The molecule has 5 N–H and O–H groups in total. The number of amides is 3. The summed E-state index contributed by atoms with van der Waals surface area (Å²) in [5.74, 6) is -0.968. The number of carbonyl (C=O) groups is 3. The maximum absolute atomic E-state index is 13.3. The van der Waals surface area contributed by atoms with Gasteiger partial charge in [-0.1, -0.05) is 56.0 Å². The Balaban J connectivity index is 1.55. The van der Waals surface area contributed by atoms with Crippen LogP contribution in [0.25, 0.3) is 0 Å². The lowest BCUT2D eigenvalue weighted by molar-refractivity contribution is -0.158. The molecule has 10 nitrogen and oxygen atoms in total. The molecular weight excluding hydrogens is 440 g/mol. The van der Waals surface area contributed by atoms with Crippen molar-refractivity contribution in [1.82, 2.24) is 20.6 Å². The van der Waals surface area contributed by atoms with Gasteiger partial charge in [-0.25, -0.2) is 5.06 Å². The molecule has 1 aromatic carbocycles. The van der Waals surface area contributed by atoms with Crippen molar-refractivity contribution < 1.29 is 29.8 Å². The second-order valence-corrected chi connectivity index (χ2v) is 9.25. The van der Waals surface area contributed by atoms with Gasteiger partial charge in [0.25, 0.3) is 0 Å². The fourth-order valence-corrected chi connectivity index (χ4v) is 5.01. The minimum Gasteiger partial charge on any atom is -0.387 e. The van der Waals surface area contributed by atoms with E-state index >= 15 is 0 Å². The Bertz CT molecular complexity index is 804. The summed E-state index contributed by atoms with van der Waals surface area (Å²) in [5.41, 5.74) is 0.683. The number of hydrogen-bond donors (Lipinski definition) is 5. The van der Waals surface area contributed by atoms with Gasteiger partial charge >= 0.3 is 0 Å². The van der Waals surface area contributed by atoms with E-state index in [1.165, 1.54) is 4.90 Å². The van der Waals surface area contributed by atoms with Gasteiger partial charge in [-0.2, -0.15) is 0 Å². The van der Waals surface area contributed by atoms with E-state index in [9.17, 15) is 29.8 Å². The minimum absolute atomic E-state index is 0.0280. The smallest absolute Gasteiger partial charge is 0.245 e. The molecule has 2 fully saturated rings. The molecule has 3 amide bonds. The first-order valence-corrected chi connectivity index (χ1v) is 12.0. The van der Waals surface area contributed by atoms with Crippen molar-refractivity contribution in [2.45, 2.75) is 63.4 Å². The summed E-state index contributed by atoms with van der Waals surface area (Å²) in [5, 5.41) is 35.8. The second-order valence-electron chi connectivity index (χ2n) is 9.25. The van der Waals surface area contributed by atoms with Crippen LogP contribution in [0.2, 0.25) is 0 Å². The molecule has 10 heteroatoms. The van der Waals surface area contributed by atoms with Gasteiger partial charge in [-0.3, -0.25) is 24.9 Å². The molecule has 188 valence electrons. The van der Waals surface area contributed by atoms with Crippen LogP contribution >= 0.6 is 0 Å². The van der Waals surface area contributed by atoms with Gasteiger partial charge in [-0.15, -0.1) is 0 Å². The van der Waals surface area contributed by atoms with Crippen LogP contribution in [0.4, 0.5) is 0 Å². The summed E-state index contributed by atoms with van der Waals surface area (Å²) < 4.78 is 0. The summed E-state index contributed by atoms with van der Waals surface area (Å²) in [6, 6.07) is 8.22. The lowest BCUT2D eigenvalue weighted by Gasteiger charge is -2.31. The van der Waals surface area contributed by atoms with Crippen LogP contribution in [0.15, 0.2) is 30.3 Å². The van der Waals surface area contributed by atoms with E-state index in [-0.39, 0.29) is 25.4 Å². The normalized spacial score (nSPS) is 21.1. The Morgan fingerprint density at radius 1 is 1.12 bits per heavy atom. The van der Waals surface area contributed by atoms with Gasteiger partial charge in [0.05, 0.1) is 18.6 Å². The third-order valence-electron chi connectivity index (χ3n) is 6.78. The molecule has 1 unspecified atom stereocenters. The number of benzene rings is 1. The number of aliphatic hydroxyl groups excluding tert-OH is 2. The quantitative estimate of drug-likeness (QED) is 0.130. The van der Waals surface area contributed by atoms with Crippen LogP contribution in [-0.2, 0) is 14.4 Å². The zero-order valence-corrected chi connectivity index (χ0v) is 19.4. The summed E-state index contributed by atoms with van der Waals surface area (Å²) >= 11 is 0. The molecule has 0 radical (unpaired) electrons. The highest BCUT2D eigenvalue weighted by Crippen LogP contribution is 2.32. The number of likely N-dealkylation sites (tertiary alicyclic amines) is 1. The summed E-state index contributed by atoms with van der Waals surface area (Å²) in [6.45, 7) is 0.326. The predicted octanol–water partition coefficient (Wildman–Crippen LogP) is 0.737. The number of hydrogen-bond acceptors (Lipinski definition) is 7. The van der Waals surface area contributed by atoms with Crippen molar-refractivity contribution in [3.8, 4) is 0 Å². The highest BCUT2D eigenvalue weighted by atomic mass is 16.5. The zero-order chi connectivity index (χ0) is 24.5. The first-order valence-electron chi connectivity index (χ1n) is 12.0. The predicted molar refractivity (Wildman–Crippen MR) is 123 cm³/mol. The number of rotatable bonds is 12. The molecule has 1 aliphatic heterocycles. The van der Waals surface area contributed by atoms with Crippen molar-refractivity contribution >= 4 is 18.2 Å². The van der Waals surface area contributed by atoms with Gasteiger partial charge in [0.1, 0.15) is 6.04 Å². The Kier molecular flexibility index (Phi) is 9.82. The van der Waals surface area contributed by atoms with Gasteiger partial charge in [0.2, 0.25) is 18.2 Å². The molecule has 1 aromatic rings. The molecule has 0 bridgehead atoms. The van der Waals surface area contributed by atoms with Crippen molar-refractivity contribution in [2.75, 3.05) is 19.6 Å². The van der Waals surface area contributed by atoms with Crippen molar-refractivity contribution in [3.05, 3.63) is 35.9 Å². The van der Waals surface area contributed by atoms with E-state index < -0.39 is 30.3 Å². The molecule has 1 heterocycles. The SMILES string of the molecule is O=CN(O)C[C@@H](CC1CCCC1)C(=O)N1CCC[C@H]1C(=O)NC(O)NC[C@H](O)c1ccccc1. The molecule has 34 heavy (non-hydrogen) atoms. The topological polar surface area (TPSA) is 142 Å². The van der Waals surface area contributed by atoms with Crippen molar-refractivity contribution in [3.63, 3.8) is 0 Å². The first-order chi connectivity index (χ1) is 16.4. The van der Waals surface area contributed by atoms with E-state index in [0.717, 1.165) is 25.7 Å². The van der Waals surface area contributed by atoms with E-state index in [4.69, 9.17) is 0 Å². The van der Waals surface area contributed by atoms with Crippen LogP contribution in [0.1, 0.15) is 56.6 Å². The monoisotopic (exact) mass is 476 g/mol. The molecule has 1 aliphatic carbocycles. The average Bonchev–Trinajstić information content (AvgIpc) is 3.54. The molecule has 1 saturated carbocycles. The Morgan fingerprint density at radius 3 is 2.50 bits per heavy atom. The zero-order valence-electron chi connectivity index (χ0n) is 19.4. The number of nitrogens with zero attached hydrogens (tertiary/aromatic N) is 2. The second kappa shape index (κ2) is 12.8.